The van der Waals surface area contributed by atoms with Crippen LogP contribution in [0.4, 0.5) is 4.39 Å². The first kappa shape index (κ1) is 12.4. The second-order valence-electron chi connectivity index (χ2n) is 4.35. The van der Waals surface area contributed by atoms with Gasteiger partial charge in [-0.25, -0.2) is 9.37 Å². The lowest BCUT2D eigenvalue weighted by Gasteiger charge is -2.16. The average molecular weight is 255 g/mol. The van der Waals surface area contributed by atoms with E-state index in [0.717, 1.165) is 17.8 Å². The molecule has 0 aliphatic carbocycles. The number of imidazole rings is 1. The lowest BCUT2D eigenvalue weighted by Crippen LogP contribution is -2.08. The predicted molar refractivity (Wildman–Crippen MR) is 69.0 cm³/mol. The first-order valence-electron chi connectivity index (χ1n) is 5.86. The molecule has 2 atom stereocenters. The zero-order chi connectivity index (χ0) is 12.6. The molecule has 2 nitrogen and oxygen atoms in total. The van der Waals surface area contributed by atoms with Crippen molar-refractivity contribution >= 4 is 22.6 Å². The van der Waals surface area contributed by atoms with E-state index in [1.54, 1.807) is 6.07 Å². The number of fused-ring (bicyclic) bond motifs is 1. The van der Waals surface area contributed by atoms with E-state index >= 15 is 0 Å². The van der Waals surface area contributed by atoms with Crippen LogP contribution in [0.5, 0.6) is 0 Å². The molecular formula is C13H16ClFN2. The Bertz CT molecular complexity index is 533. The van der Waals surface area contributed by atoms with E-state index in [9.17, 15) is 4.39 Å². The number of aromatic nitrogens is 2. The zero-order valence-electron chi connectivity index (χ0n) is 10.2. The molecule has 0 radical (unpaired) electrons. The van der Waals surface area contributed by atoms with Crippen molar-refractivity contribution in [3.05, 3.63) is 29.8 Å². The summed E-state index contributed by atoms with van der Waals surface area (Å²) in [5.41, 5.74) is 1.62. The standard InChI is InChI=1S/C13H16ClFN2/c1-4-8(2)17-12-6-5-10(15)7-11(12)16-13(17)9(3)14/h5-9H,4H2,1-3H3. The molecule has 0 N–H and O–H groups in total. The molecule has 92 valence electrons. The summed E-state index contributed by atoms with van der Waals surface area (Å²) in [7, 11) is 0. The minimum Gasteiger partial charge on any atom is -0.324 e. The Labute approximate surface area is 105 Å². The molecule has 1 aromatic carbocycles. The first-order chi connectivity index (χ1) is 8.04. The number of rotatable bonds is 3. The van der Waals surface area contributed by atoms with E-state index in [4.69, 9.17) is 11.6 Å². The lowest BCUT2D eigenvalue weighted by molar-refractivity contribution is 0.522. The van der Waals surface area contributed by atoms with Crippen LogP contribution in [0, 0.1) is 5.82 Å². The number of alkyl halides is 1. The number of hydrogen-bond acceptors (Lipinski definition) is 1. The van der Waals surface area contributed by atoms with Crippen molar-refractivity contribution in [2.24, 2.45) is 0 Å². The molecule has 0 bridgehead atoms. The van der Waals surface area contributed by atoms with Gasteiger partial charge in [-0.05, 0) is 32.4 Å². The van der Waals surface area contributed by atoms with Gasteiger partial charge < -0.3 is 4.57 Å². The molecule has 0 saturated heterocycles. The van der Waals surface area contributed by atoms with E-state index in [2.05, 4.69) is 23.4 Å². The van der Waals surface area contributed by atoms with Crippen LogP contribution in [-0.2, 0) is 0 Å². The summed E-state index contributed by atoms with van der Waals surface area (Å²) in [5.74, 6) is 0.543. The normalized spacial score (nSPS) is 15.1. The van der Waals surface area contributed by atoms with Crippen molar-refractivity contribution in [1.82, 2.24) is 9.55 Å². The maximum Gasteiger partial charge on any atom is 0.127 e. The van der Waals surface area contributed by atoms with E-state index in [1.807, 2.05) is 6.92 Å². The predicted octanol–water partition coefficient (Wildman–Crippen LogP) is 4.45. The topological polar surface area (TPSA) is 17.8 Å². The van der Waals surface area contributed by atoms with Gasteiger partial charge in [-0.3, -0.25) is 0 Å². The summed E-state index contributed by atoms with van der Waals surface area (Å²) >= 11 is 6.14. The molecule has 2 rings (SSSR count). The van der Waals surface area contributed by atoms with E-state index in [0.29, 0.717) is 11.6 Å². The molecule has 0 amide bonds. The fourth-order valence-corrected chi connectivity index (χ4v) is 2.17. The third-order valence-corrected chi connectivity index (χ3v) is 3.26. The largest absolute Gasteiger partial charge is 0.324 e. The lowest BCUT2D eigenvalue weighted by atomic mass is 10.2. The van der Waals surface area contributed by atoms with Crippen LogP contribution in [0.15, 0.2) is 18.2 Å². The van der Waals surface area contributed by atoms with Gasteiger partial charge in [0, 0.05) is 12.1 Å². The van der Waals surface area contributed by atoms with Crippen LogP contribution in [0.2, 0.25) is 0 Å². The fourth-order valence-electron chi connectivity index (χ4n) is 2.02. The van der Waals surface area contributed by atoms with E-state index in [1.165, 1.54) is 12.1 Å². The van der Waals surface area contributed by atoms with Gasteiger partial charge in [-0.2, -0.15) is 0 Å². The van der Waals surface area contributed by atoms with Crippen molar-refractivity contribution < 1.29 is 4.39 Å². The average Bonchev–Trinajstić information content (AvgIpc) is 2.66. The SMILES string of the molecule is CCC(C)n1c(C(C)Cl)nc2cc(F)ccc21. The molecule has 1 aromatic heterocycles. The highest BCUT2D eigenvalue weighted by Gasteiger charge is 2.18. The first-order valence-corrected chi connectivity index (χ1v) is 6.29. The Morgan fingerprint density at radius 2 is 2.12 bits per heavy atom. The van der Waals surface area contributed by atoms with Crippen LogP contribution in [0.3, 0.4) is 0 Å². The minimum atomic E-state index is -0.264. The van der Waals surface area contributed by atoms with Gasteiger partial charge in [-0.15, -0.1) is 11.6 Å². The van der Waals surface area contributed by atoms with Gasteiger partial charge >= 0.3 is 0 Å². The van der Waals surface area contributed by atoms with Gasteiger partial charge in [0.2, 0.25) is 0 Å². The Balaban J connectivity index is 2.71. The van der Waals surface area contributed by atoms with Crippen molar-refractivity contribution in [1.29, 1.82) is 0 Å². The molecule has 1 heterocycles. The van der Waals surface area contributed by atoms with Crippen molar-refractivity contribution in [2.75, 3.05) is 0 Å². The fraction of sp³-hybridized carbons (Fsp3) is 0.462. The van der Waals surface area contributed by atoms with Gasteiger partial charge in [0.15, 0.2) is 0 Å². The van der Waals surface area contributed by atoms with Gasteiger partial charge in [0.1, 0.15) is 11.6 Å². The third kappa shape index (κ3) is 2.16. The Kier molecular flexibility index (Phi) is 3.38. The van der Waals surface area contributed by atoms with Crippen LogP contribution in [0.1, 0.15) is 44.4 Å². The number of hydrogen-bond donors (Lipinski definition) is 0. The second kappa shape index (κ2) is 4.65. The number of halogens is 2. The van der Waals surface area contributed by atoms with Crippen LogP contribution in [0.25, 0.3) is 11.0 Å². The summed E-state index contributed by atoms with van der Waals surface area (Å²) in [6.07, 6.45) is 0.986. The number of benzene rings is 1. The Morgan fingerprint density at radius 1 is 1.41 bits per heavy atom. The highest BCUT2D eigenvalue weighted by atomic mass is 35.5. The summed E-state index contributed by atoms with van der Waals surface area (Å²) in [5, 5.41) is -0.181. The zero-order valence-corrected chi connectivity index (χ0v) is 11.0. The summed E-state index contributed by atoms with van der Waals surface area (Å²) in [6, 6.07) is 5.00. The molecule has 17 heavy (non-hydrogen) atoms. The summed E-state index contributed by atoms with van der Waals surface area (Å²) < 4.78 is 15.3. The summed E-state index contributed by atoms with van der Waals surface area (Å²) in [4.78, 5) is 4.43. The van der Waals surface area contributed by atoms with Gasteiger partial charge in [0.25, 0.3) is 0 Å². The van der Waals surface area contributed by atoms with Crippen LogP contribution < -0.4 is 0 Å². The highest BCUT2D eigenvalue weighted by molar-refractivity contribution is 6.20. The van der Waals surface area contributed by atoms with E-state index < -0.39 is 0 Å². The molecule has 2 aromatic rings. The quantitative estimate of drug-likeness (QED) is 0.740. The number of nitrogens with zero attached hydrogens (tertiary/aromatic N) is 2. The van der Waals surface area contributed by atoms with Crippen LogP contribution >= 0.6 is 11.6 Å². The molecule has 0 fully saturated rings. The third-order valence-electron chi connectivity index (χ3n) is 3.07. The van der Waals surface area contributed by atoms with Crippen molar-refractivity contribution in [3.63, 3.8) is 0 Å². The smallest absolute Gasteiger partial charge is 0.127 e. The van der Waals surface area contributed by atoms with Crippen LogP contribution in [-0.4, -0.2) is 9.55 Å². The second-order valence-corrected chi connectivity index (χ2v) is 5.00. The molecule has 0 saturated carbocycles. The molecule has 2 unspecified atom stereocenters. The van der Waals surface area contributed by atoms with Gasteiger partial charge in [-0.1, -0.05) is 6.92 Å². The Morgan fingerprint density at radius 3 is 2.71 bits per heavy atom. The van der Waals surface area contributed by atoms with Crippen molar-refractivity contribution in [3.8, 4) is 0 Å². The molecule has 0 aliphatic heterocycles. The highest BCUT2D eigenvalue weighted by Crippen LogP contribution is 2.29. The Hall–Kier alpha value is -1.09. The van der Waals surface area contributed by atoms with E-state index in [-0.39, 0.29) is 11.2 Å². The monoisotopic (exact) mass is 254 g/mol. The minimum absolute atomic E-state index is 0.181. The maximum absolute atomic E-state index is 13.2. The molecule has 0 spiro atoms. The van der Waals surface area contributed by atoms with Gasteiger partial charge in [0.05, 0.1) is 16.4 Å². The molecular weight excluding hydrogens is 239 g/mol. The summed E-state index contributed by atoms with van der Waals surface area (Å²) in [6.45, 7) is 6.12. The van der Waals surface area contributed by atoms with Crippen molar-refractivity contribution in [2.45, 2.75) is 38.6 Å². The molecule has 4 heteroatoms. The maximum atomic E-state index is 13.2. The molecule has 0 aliphatic rings.